The van der Waals surface area contributed by atoms with Gasteiger partial charge in [-0.15, -0.1) is 0 Å². The Hall–Kier alpha value is -1.08. The molecule has 16 heavy (non-hydrogen) atoms. The lowest BCUT2D eigenvalue weighted by molar-refractivity contribution is -0.142. The van der Waals surface area contributed by atoms with Crippen LogP contribution in [-0.2, 0) is 9.59 Å². The van der Waals surface area contributed by atoms with Gasteiger partial charge in [-0.3, -0.25) is 9.59 Å². The Balaban J connectivity index is 2.43. The van der Waals surface area contributed by atoms with Crippen LogP contribution in [0.2, 0.25) is 6.32 Å². The molecule has 1 fully saturated rings. The number of likely N-dealkylation sites (tertiary alicyclic amines) is 1. The standard InChI is InChI=1S/C9H16BNO5/c12-6-11-4-7(2-1-3-10(15)16)8(5-11)9(13)14/h6-8,15-16H,1-5H2,(H,13,14). The normalized spacial score (nSPS) is 24.5. The van der Waals surface area contributed by atoms with Crippen LogP contribution >= 0.6 is 0 Å². The maximum Gasteiger partial charge on any atom is 0.451 e. The topological polar surface area (TPSA) is 98.1 Å². The van der Waals surface area contributed by atoms with E-state index in [0.717, 1.165) is 0 Å². The van der Waals surface area contributed by atoms with E-state index in [-0.39, 0.29) is 18.8 Å². The zero-order valence-electron chi connectivity index (χ0n) is 8.95. The number of carboxylic acids is 1. The van der Waals surface area contributed by atoms with Crippen molar-refractivity contribution >= 4 is 19.5 Å². The lowest BCUT2D eigenvalue weighted by Crippen LogP contribution is -2.23. The first-order valence-corrected chi connectivity index (χ1v) is 5.33. The number of aliphatic carboxylic acids is 1. The van der Waals surface area contributed by atoms with E-state index in [1.807, 2.05) is 0 Å². The highest BCUT2D eigenvalue weighted by atomic mass is 16.4. The fraction of sp³-hybridized carbons (Fsp3) is 0.778. The molecule has 1 heterocycles. The molecule has 0 aromatic heterocycles. The molecule has 2 unspecified atom stereocenters. The predicted octanol–water partition coefficient (Wildman–Crippen LogP) is -0.972. The van der Waals surface area contributed by atoms with Crippen LogP contribution in [0.3, 0.4) is 0 Å². The van der Waals surface area contributed by atoms with Crippen LogP contribution < -0.4 is 0 Å². The van der Waals surface area contributed by atoms with Gasteiger partial charge < -0.3 is 20.1 Å². The van der Waals surface area contributed by atoms with Gasteiger partial charge in [0, 0.05) is 13.1 Å². The molecule has 0 spiro atoms. The van der Waals surface area contributed by atoms with Gasteiger partial charge in [0.25, 0.3) is 0 Å². The van der Waals surface area contributed by atoms with Crippen LogP contribution in [0.4, 0.5) is 0 Å². The van der Waals surface area contributed by atoms with Crippen molar-refractivity contribution in [3.8, 4) is 0 Å². The lowest BCUT2D eigenvalue weighted by Gasteiger charge is -2.13. The molecule has 0 aromatic rings. The summed E-state index contributed by atoms with van der Waals surface area (Å²) in [5.41, 5.74) is 0. The maximum absolute atomic E-state index is 10.9. The van der Waals surface area contributed by atoms with Crippen LogP contribution in [0.25, 0.3) is 0 Å². The Morgan fingerprint density at radius 1 is 1.44 bits per heavy atom. The first kappa shape index (κ1) is 13.0. The SMILES string of the molecule is O=CN1CC(CCCB(O)O)C(C(=O)O)C1. The summed E-state index contributed by atoms with van der Waals surface area (Å²) in [6.45, 7) is 0.702. The third kappa shape index (κ3) is 3.50. The largest absolute Gasteiger partial charge is 0.481 e. The zero-order valence-corrected chi connectivity index (χ0v) is 8.95. The van der Waals surface area contributed by atoms with Crippen molar-refractivity contribution in [2.24, 2.45) is 11.8 Å². The van der Waals surface area contributed by atoms with Crippen LogP contribution in [-0.4, -0.2) is 52.6 Å². The Morgan fingerprint density at radius 2 is 2.12 bits per heavy atom. The van der Waals surface area contributed by atoms with E-state index in [4.69, 9.17) is 15.2 Å². The molecule has 1 aliphatic rings. The highest BCUT2D eigenvalue weighted by Crippen LogP contribution is 2.27. The zero-order chi connectivity index (χ0) is 12.1. The van der Waals surface area contributed by atoms with Crippen molar-refractivity contribution in [3.63, 3.8) is 0 Å². The van der Waals surface area contributed by atoms with E-state index in [1.54, 1.807) is 0 Å². The van der Waals surface area contributed by atoms with Gasteiger partial charge >= 0.3 is 13.1 Å². The van der Waals surface area contributed by atoms with E-state index in [2.05, 4.69) is 0 Å². The average Bonchev–Trinajstić information content (AvgIpc) is 2.60. The quantitative estimate of drug-likeness (QED) is 0.402. The Bertz CT molecular complexity index is 260. The number of nitrogens with zero attached hydrogens (tertiary/aromatic N) is 1. The molecule has 1 amide bonds. The monoisotopic (exact) mass is 229 g/mol. The second kappa shape index (κ2) is 5.86. The van der Waals surface area contributed by atoms with Gasteiger partial charge in [-0.1, -0.05) is 6.42 Å². The van der Waals surface area contributed by atoms with E-state index in [1.165, 1.54) is 4.90 Å². The number of carbonyl (C=O) groups is 2. The molecule has 90 valence electrons. The number of hydrogen-bond donors (Lipinski definition) is 3. The van der Waals surface area contributed by atoms with Gasteiger partial charge in [-0.05, 0) is 18.7 Å². The molecule has 0 bridgehead atoms. The summed E-state index contributed by atoms with van der Waals surface area (Å²) in [4.78, 5) is 22.9. The number of rotatable bonds is 6. The molecule has 0 saturated carbocycles. The summed E-state index contributed by atoms with van der Waals surface area (Å²) in [5, 5.41) is 26.3. The fourth-order valence-corrected chi connectivity index (χ4v) is 2.13. The molecular formula is C9H16BNO5. The smallest absolute Gasteiger partial charge is 0.451 e. The van der Waals surface area contributed by atoms with Crippen molar-refractivity contribution in [2.45, 2.75) is 19.2 Å². The van der Waals surface area contributed by atoms with Crippen LogP contribution in [0.1, 0.15) is 12.8 Å². The number of carboxylic acid groups (broad SMARTS) is 1. The first-order chi connectivity index (χ1) is 7.54. The van der Waals surface area contributed by atoms with E-state index in [9.17, 15) is 9.59 Å². The highest BCUT2D eigenvalue weighted by molar-refractivity contribution is 6.40. The Kier molecular flexibility index (Phi) is 4.76. The molecule has 0 aromatic carbocycles. The first-order valence-electron chi connectivity index (χ1n) is 5.33. The number of hydrogen-bond acceptors (Lipinski definition) is 4. The van der Waals surface area contributed by atoms with Gasteiger partial charge in [-0.25, -0.2) is 0 Å². The molecular weight excluding hydrogens is 213 g/mol. The molecule has 0 radical (unpaired) electrons. The molecule has 1 aliphatic heterocycles. The third-order valence-corrected chi connectivity index (χ3v) is 2.97. The molecule has 1 rings (SSSR count). The van der Waals surface area contributed by atoms with Crippen LogP contribution in [0.15, 0.2) is 0 Å². The molecule has 7 heteroatoms. The minimum atomic E-state index is -1.34. The van der Waals surface area contributed by atoms with Gasteiger partial charge in [0.05, 0.1) is 5.92 Å². The van der Waals surface area contributed by atoms with Crippen molar-refractivity contribution in [1.82, 2.24) is 4.90 Å². The summed E-state index contributed by atoms with van der Waals surface area (Å²) >= 11 is 0. The highest BCUT2D eigenvalue weighted by Gasteiger charge is 2.36. The van der Waals surface area contributed by atoms with Crippen LogP contribution in [0, 0.1) is 11.8 Å². The Morgan fingerprint density at radius 3 is 2.62 bits per heavy atom. The summed E-state index contributed by atoms with van der Waals surface area (Å²) in [6.07, 6.45) is 2.05. The van der Waals surface area contributed by atoms with E-state index in [0.29, 0.717) is 25.8 Å². The summed E-state index contributed by atoms with van der Waals surface area (Å²) in [6, 6.07) is 0. The number of amides is 1. The second-order valence-electron chi connectivity index (χ2n) is 4.18. The number of carbonyl (C=O) groups excluding carboxylic acids is 1. The summed E-state index contributed by atoms with van der Waals surface area (Å²) < 4.78 is 0. The molecule has 1 saturated heterocycles. The van der Waals surface area contributed by atoms with E-state index >= 15 is 0 Å². The van der Waals surface area contributed by atoms with Gasteiger partial charge in [0.1, 0.15) is 0 Å². The van der Waals surface area contributed by atoms with Crippen molar-refractivity contribution < 1.29 is 24.7 Å². The van der Waals surface area contributed by atoms with Crippen molar-refractivity contribution in [3.05, 3.63) is 0 Å². The maximum atomic E-state index is 10.9. The van der Waals surface area contributed by atoms with Crippen LogP contribution in [0.5, 0.6) is 0 Å². The van der Waals surface area contributed by atoms with Crippen molar-refractivity contribution in [2.75, 3.05) is 13.1 Å². The minimum absolute atomic E-state index is 0.0820. The summed E-state index contributed by atoms with van der Waals surface area (Å²) in [5.74, 6) is -1.50. The average molecular weight is 229 g/mol. The fourth-order valence-electron chi connectivity index (χ4n) is 2.13. The summed E-state index contributed by atoms with van der Waals surface area (Å²) in [7, 11) is -1.34. The molecule has 2 atom stereocenters. The predicted molar refractivity (Wildman–Crippen MR) is 56.5 cm³/mol. The Labute approximate surface area is 94.0 Å². The molecule has 6 nitrogen and oxygen atoms in total. The lowest BCUT2D eigenvalue weighted by atomic mass is 9.80. The second-order valence-corrected chi connectivity index (χ2v) is 4.18. The van der Waals surface area contributed by atoms with Gasteiger partial charge in [0.15, 0.2) is 0 Å². The molecule has 0 aliphatic carbocycles. The minimum Gasteiger partial charge on any atom is -0.481 e. The van der Waals surface area contributed by atoms with E-state index < -0.39 is 19.0 Å². The van der Waals surface area contributed by atoms with Gasteiger partial charge in [0.2, 0.25) is 6.41 Å². The van der Waals surface area contributed by atoms with Gasteiger partial charge in [-0.2, -0.15) is 0 Å². The third-order valence-electron chi connectivity index (χ3n) is 2.97. The molecule has 3 N–H and O–H groups in total. The van der Waals surface area contributed by atoms with Crippen molar-refractivity contribution in [1.29, 1.82) is 0 Å².